The third-order valence-electron chi connectivity index (χ3n) is 4.19. The molecule has 7 nitrogen and oxygen atoms in total. The van der Waals surface area contributed by atoms with Crippen molar-refractivity contribution in [1.82, 2.24) is 14.4 Å². The van der Waals surface area contributed by atoms with Crippen LogP contribution in [0.4, 0.5) is 5.88 Å². The largest absolute Gasteiger partial charge is 0.367 e. The number of nitrogens with zero attached hydrogens (tertiary/aromatic N) is 3. The predicted octanol–water partition coefficient (Wildman–Crippen LogP) is 2.83. The van der Waals surface area contributed by atoms with Gasteiger partial charge in [0, 0.05) is 24.0 Å². The first kappa shape index (κ1) is 16.2. The standard InChI is InChI=1S/C16H16N4O3S2/c17-15-13(9-18-23-15)16-19-14(10-24-16)11-3-5-12(6-4-11)25(21,22)20-7-1-2-8-20/h3-6,9-10H,1-2,7-8,17H2. The van der Waals surface area contributed by atoms with Gasteiger partial charge in [0.1, 0.15) is 5.01 Å². The van der Waals surface area contributed by atoms with Gasteiger partial charge in [-0.15, -0.1) is 11.3 Å². The van der Waals surface area contributed by atoms with Crippen LogP contribution in [0.5, 0.6) is 0 Å². The molecule has 2 N–H and O–H groups in total. The van der Waals surface area contributed by atoms with Crippen molar-refractivity contribution < 1.29 is 12.9 Å². The summed E-state index contributed by atoms with van der Waals surface area (Å²) in [7, 11) is -3.40. The summed E-state index contributed by atoms with van der Waals surface area (Å²) in [5.41, 5.74) is 7.97. The molecular weight excluding hydrogens is 360 g/mol. The Morgan fingerprint density at radius 3 is 2.52 bits per heavy atom. The third kappa shape index (κ3) is 2.94. The van der Waals surface area contributed by atoms with E-state index >= 15 is 0 Å². The van der Waals surface area contributed by atoms with Crippen LogP contribution in [0.2, 0.25) is 0 Å². The lowest BCUT2D eigenvalue weighted by Crippen LogP contribution is -2.27. The summed E-state index contributed by atoms with van der Waals surface area (Å²) in [5.74, 6) is 0.230. The van der Waals surface area contributed by atoms with Crippen molar-refractivity contribution in [3.63, 3.8) is 0 Å². The van der Waals surface area contributed by atoms with E-state index in [4.69, 9.17) is 10.3 Å². The fourth-order valence-corrected chi connectivity index (χ4v) is 5.17. The molecule has 3 aromatic rings. The first-order valence-corrected chi connectivity index (χ1v) is 10.1. The summed E-state index contributed by atoms with van der Waals surface area (Å²) in [5, 5.41) is 6.26. The Morgan fingerprint density at radius 1 is 1.16 bits per heavy atom. The number of anilines is 1. The smallest absolute Gasteiger partial charge is 0.243 e. The molecule has 1 fully saturated rings. The van der Waals surface area contributed by atoms with Gasteiger partial charge in [-0.2, -0.15) is 4.31 Å². The Hall–Kier alpha value is -2.23. The zero-order chi connectivity index (χ0) is 17.4. The van der Waals surface area contributed by atoms with E-state index in [1.165, 1.54) is 21.8 Å². The summed E-state index contributed by atoms with van der Waals surface area (Å²) in [6.45, 7) is 1.19. The second-order valence-electron chi connectivity index (χ2n) is 5.78. The number of aromatic nitrogens is 2. The molecule has 0 spiro atoms. The summed E-state index contributed by atoms with van der Waals surface area (Å²) in [6, 6.07) is 6.82. The van der Waals surface area contributed by atoms with Gasteiger partial charge in [0.2, 0.25) is 15.9 Å². The quantitative estimate of drug-likeness (QED) is 0.751. The molecule has 9 heteroatoms. The Morgan fingerprint density at radius 2 is 1.88 bits per heavy atom. The molecule has 0 radical (unpaired) electrons. The highest BCUT2D eigenvalue weighted by Gasteiger charge is 2.27. The molecule has 0 bridgehead atoms. The Labute approximate surface area is 149 Å². The summed E-state index contributed by atoms with van der Waals surface area (Å²) in [6.07, 6.45) is 3.37. The van der Waals surface area contributed by atoms with Gasteiger partial charge >= 0.3 is 0 Å². The minimum Gasteiger partial charge on any atom is -0.367 e. The van der Waals surface area contributed by atoms with Crippen LogP contribution in [0.15, 0.2) is 45.3 Å². The van der Waals surface area contributed by atoms with Crippen LogP contribution in [0.1, 0.15) is 12.8 Å². The first-order valence-electron chi connectivity index (χ1n) is 7.82. The van der Waals surface area contributed by atoms with E-state index in [9.17, 15) is 8.42 Å². The van der Waals surface area contributed by atoms with Crippen molar-refractivity contribution in [2.45, 2.75) is 17.7 Å². The molecule has 4 rings (SSSR count). The molecule has 0 aliphatic carbocycles. The van der Waals surface area contributed by atoms with Crippen molar-refractivity contribution in [2.75, 3.05) is 18.8 Å². The van der Waals surface area contributed by atoms with Gasteiger partial charge in [-0.3, -0.25) is 0 Å². The van der Waals surface area contributed by atoms with E-state index in [2.05, 4.69) is 10.1 Å². The third-order valence-corrected chi connectivity index (χ3v) is 6.97. The van der Waals surface area contributed by atoms with Crippen LogP contribution in [-0.4, -0.2) is 36.0 Å². The molecule has 1 aromatic carbocycles. The highest BCUT2D eigenvalue weighted by Crippen LogP contribution is 2.32. The molecule has 2 aromatic heterocycles. The van der Waals surface area contributed by atoms with Gasteiger partial charge in [-0.25, -0.2) is 13.4 Å². The van der Waals surface area contributed by atoms with E-state index in [0.29, 0.717) is 28.6 Å². The van der Waals surface area contributed by atoms with Gasteiger partial charge < -0.3 is 10.3 Å². The number of rotatable bonds is 4. The number of thiazole rings is 1. The maximum Gasteiger partial charge on any atom is 0.243 e. The number of sulfonamides is 1. The van der Waals surface area contributed by atoms with Crippen molar-refractivity contribution in [2.24, 2.45) is 0 Å². The molecular formula is C16H16N4O3S2. The molecule has 3 heterocycles. The lowest BCUT2D eigenvalue weighted by atomic mass is 10.2. The minimum atomic E-state index is -3.40. The average molecular weight is 376 g/mol. The number of hydrogen-bond donors (Lipinski definition) is 1. The number of benzene rings is 1. The lowest BCUT2D eigenvalue weighted by molar-refractivity contribution is 0.436. The Bertz CT molecular complexity index is 987. The summed E-state index contributed by atoms with van der Waals surface area (Å²) in [4.78, 5) is 4.85. The average Bonchev–Trinajstić information content (AvgIpc) is 3.36. The molecule has 25 heavy (non-hydrogen) atoms. The molecule has 1 saturated heterocycles. The topological polar surface area (TPSA) is 102 Å². The molecule has 0 atom stereocenters. The van der Waals surface area contributed by atoms with E-state index in [-0.39, 0.29) is 5.88 Å². The fourth-order valence-electron chi connectivity index (χ4n) is 2.81. The van der Waals surface area contributed by atoms with Crippen LogP contribution in [0, 0.1) is 0 Å². The normalized spacial score (nSPS) is 15.7. The van der Waals surface area contributed by atoms with Gasteiger partial charge in [0.25, 0.3) is 0 Å². The highest BCUT2D eigenvalue weighted by molar-refractivity contribution is 7.89. The minimum absolute atomic E-state index is 0.230. The maximum atomic E-state index is 12.6. The molecule has 130 valence electrons. The van der Waals surface area contributed by atoms with Crippen molar-refractivity contribution in [3.8, 4) is 21.8 Å². The highest BCUT2D eigenvalue weighted by atomic mass is 32.2. The van der Waals surface area contributed by atoms with Crippen molar-refractivity contribution in [1.29, 1.82) is 0 Å². The molecule has 0 amide bonds. The number of nitrogens with two attached hydrogens (primary N) is 1. The van der Waals surface area contributed by atoms with Gasteiger partial charge in [-0.1, -0.05) is 17.3 Å². The van der Waals surface area contributed by atoms with Crippen LogP contribution >= 0.6 is 11.3 Å². The van der Waals surface area contributed by atoms with E-state index in [1.54, 1.807) is 24.3 Å². The summed E-state index contributed by atoms with van der Waals surface area (Å²) < 4.78 is 31.5. The van der Waals surface area contributed by atoms with Gasteiger partial charge in [0.15, 0.2) is 0 Å². The van der Waals surface area contributed by atoms with Crippen LogP contribution in [-0.2, 0) is 10.0 Å². The van der Waals surface area contributed by atoms with Crippen LogP contribution in [0.25, 0.3) is 21.8 Å². The van der Waals surface area contributed by atoms with E-state index < -0.39 is 10.0 Å². The SMILES string of the molecule is Nc1oncc1-c1nc(-c2ccc(S(=O)(=O)N3CCCC3)cc2)cs1. The van der Waals surface area contributed by atoms with Gasteiger partial charge in [-0.05, 0) is 25.0 Å². The summed E-state index contributed by atoms with van der Waals surface area (Å²) >= 11 is 1.43. The van der Waals surface area contributed by atoms with E-state index in [0.717, 1.165) is 24.1 Å². The molecule has 1 aliphatic rings. The Kier molecular flexibility index (Phi) is 4.06. The zero-order valence-electron chi connectivity index (χ0n) is 13.3. The molecule has 0 saturated carbocycles. The predicted molar refractivity (Wildman–Crippen MR) is 95.5 cm³/mol. The van der Waals surface area contributed by atoms with E-state index in [1.807, 2.05) is 5.38 Å². The number of hydrogen-bond acceptors (Lipinski definition) is 7. The molecule has 0 unspecified atom stereocenters. The van der Waals surface area contributed by atoms with Crippen LogP contribution < -0.4 is 5.73 Å². The maximum absolute atomic E-state index is 12.6. The van der Waals surface area contributed by atoms with Crippen molar-refractivity contribution in [3.05, 3.63) is 35.8 Å². The van der Waals surface area contributed by atoms with Crippen LogP contribution in [0.3, 0.4) is 0 Å². The fraction of sp³-hybridized carbons (Fsp3) is 0.250. The second kappa shape index (κ2) is 6.25. The first-order chi connectivity index (χ1) is 12.1. The monoisotopic (exact) mass is 376 g/mol. The molecule has 1 aliphatic heterocycles. The van der Waals surface area contributed by atoms with Crippen molar-refractivity contribution >= 4 is 27.2 Å². The second-order valence-corrected chi connectivity index (χ2v) is 8.57. The number of nitrogen functional groups attached to an aromatic ring is 1. The van der Waals surface area contributed by atoms with Gasteiger partial charge in [0.05, 0.1) is 22.3 Å². The zero-order valence-corrected chi connectivity index (χ0v) is 14.9. The Balaban J connectivity index is 1.61. The lowest BCUT2D eigenvalue weighted by Gasteiger charge is -2.15.